The summed E-state index contributed by atoms with van der Waals surface area (Å²) in [6.07, 6.45) is 0. The van der Waals surface area contributed by atoms with Crippen molar-refractivity contribution in [1.29, 1.82) is 0 Å². The summed E-state index contributed by atoms with van der Waals surface area (Å²) in [6.45, 7) is 0. The van der Waals surface area contributed by atoms with Gasteiger partial charge in [0.15, 0.2) is 0 Å². The summed E-state index contributed by atoms with van der Waals surface area (Å²) in [4.78, 5) is 0. The van der Waals surface area contributed by atoms with Gasteiger partial charge >= 0.3 is 0 Å². The number of hydrogen-bond donors (Lipinski definition) is 2. The molecule has 0 radical (unpaired) electrons. The molecule has 0 fully saturated rings. The largest absolute Gasteiger partial charge is 0.267 e. The molecule has 0 aromatic heterocycles. The minimum Gasteiger partial charge on any atom is -0.267 e. The van der Waals surface area contributed by atoms with Gasteiger partial charge in [-0.2, -0.15) is 0 Å². The van der Waals surface area contributed by atoms with Gasteiger partial charge in [-0.25, -0.2) is 13.5 Å². The van der Waals surface area contributed by atoms with Crippen LogP contribution in [0, 0.1) is 0 Å². The van der Waals surface area contributed by atoms with Gasteiger partial charge in [-0.1, -0.05) is 121 Å². The Kier molecular flexibility index (Phi) is 5.63. The molecule has 4 N–H and O–H groups in total. The Morgan fingerprint density at radius 2 is 0.656 bits per heavy atom. The van der Waals surface area contributed by atoms with Crippen LogP contribution in [0.15, 0.2) is 135 Å². The van der Waals surface area contributed by atoms with Crippen LogP contribution >= 0.6 is 21.9 Å². The number of nitrogens with zero attached hydrogens (tertiary/aromatic N) is 3. The van der Waals surface area contributed by atoms with Gasteiger partial charge in [0.25, 0.3) is 0 Å². The fourth-order valence-corrected chi connectivity index (χ4v) is 16.4. The van der Waals surface area contributed by atoms with E-state index < -0.39 is 21.9 Å². The van der Waals surface area contributed by atoms with Crippen LogP contribution in [0.5, 0.6) is 0 Å². The molecule has 1 aliphatic heterocycles. The second-order valence-electron chi connectivity index (χ2n) is 7.51. The lowest BCUT2D eigenvalue weighted by atomic mass is 10.4. The molecule has 0 unspecified atom stereocenters. The van der Waals surface area contributed by atoms with Gasteiger partial charge in [-0.3, -0.25) is 11.0 Å². The summed E-state index contributed by atoms with van der Waals surface area (Å²) in [7, 11) is -8.31. The minimum atomic E-state index is -2.99. The van der Waals surface area contributed by atoms with Crippen molar-refractivity contribution >= 4 is 43.1 Å². The van der Waals surface area contributed by atoms with E-state index in [-0.39, 0.29) is 0 Å². The van der Waals surface area contributed by atoms with Gasteiger partial charge in [0.1, 0.15) is 14.4 Å². The molecule has 4 aromatic rings. The molecule has 32 heavy (non-hydrogen) atoms. The van der Waals surface area contributed by atoms with Crippen LogP contribution in [0.1, 0.15) is 0 Å². The van der Waals surface area contributed by atoms with Crippen molar-refractivity contribution in [2.45, 2.75) is 0 Å². The van der Waals surface area contributed by atoms with Crippen LogP contribution in [-0.4, -0.2) is 0 Å². The van der Waals surface area contributed by atoms with E-state index in [4.69, 9.17) is 24.6 Å². The molecule has 5 nitrogen and oxygen atoms in total. The number of nitrogens with two attached hydrogens (primary N) is 2. The van der Waals surface area contributed by atoms with Crippen molar-refractivity contribution in [2.75, 3.05) is 0 Å². The normalized spacial score (nSPS) is 17.9. The van der Waals surface area contributed by atoms with E-state index in [0.717, 1.165) is 21.2 Å². The van der Waals surface area contributed by atoms with E-state index in [2.05, 4.69) is 48.5 Å². The summed E-state index contributed by atoms with van der Waals surface area (Å²) in [5, 5.41) is 4.16. The molecule has 0 aliphatic carbocycles. The van der Waals surface area contributed by atoms with Crippen LogP contribution in [-0.2, 0) is 0 Å². The molecule has 8 heteroatoms. The quantitative estimate of drug-likeness (QED) is 0.387. The zero-order valence-electron chi connectivity index (χ0n) is 17.4. The highest BCUT2D eigenvalue weighted by Gasteiger charge is 2.38. The summed E-state index contributed by atoms with van der Waals surface area (Å²) < 4.78 is 15.9. The average Bonchev–Trinajstić information content (AvgIpc) is 2.85. The first-order chi connectivity index (χ1) is 15.5. The lowest BCUT2D eigenvalue weighted by Crippen LogP contribution is -2.22. The topological polar surface area (TPSA) is 89.1 Å². The molecule has 0 saturated carbocycles. The van der Waals surface area contributed by atoms with E-state index >= 15 is 0 Å². The Labute approximate surface area is 189 Å². The summed E-state index contributed by atoms with van der Waals surface area (Å²) >= 11 is 0. The third-order valence-electron chi connectivity index (χ3n) is 5.27. The van der Waals surface area contributed by atoms with Gasteiger partial charge in [0, 0.05) is 21.2 Å². The second kappa shape index (κ2) is 8.45. The van der Waals surface area contributed by atoms with Crippen molar-refractivity contribution in [2.24, 2.45) is 24.6 Å². The Morgan fingerprint density at radius 3 is 0.969 bits per heavy atom. The van der Waals surface area contributed by atoms with Crippen molar-refractivity contribution in [1.82, 2.24) is 0 Å². The Hall–Kier alpha value is -2.51. The second-order valence-corrected chi connectivity index (χ2v) is 15.5. The summed E-state index contributed by atoms with van der Waals surface area (Å²) in [6, 6.07) is 40.9. The van der Waals surface area contributed by atoms with Crippen LogP contribution in [0.4, 0.5) is 0 Å². The predicted molar refractivity (Wildman–Crippen MR) is 141 cm³/mol. The lowest BCUT2D eigenvalue weighted by molar-refractivity contribution is 1.55. The smallest absolute Gasteiger partial charge is 0.207 e. The Balaban J connectivity index is 2.00. The summed E-state index contributed by atoms with van der Waals surface area (Å²) in [5.74, 6) is 0. The van der Waals surface area contributed by atoms with Gasteiger partial charge in [-0.15, -0.1) is 0 Å². The molecule has 0 atom stereocenters. The highest BCUT2D eigenvalue weighted by Crippen LogP contribution is 2.72. The fourth-order valence-electron chi connectivity index (χ4n) is 3.91. The maximum absolute atomic E-state index is 6.73. The van der Waals surface area contributed by atoms with Crippen molar-refractivity contribution in [3.63, 3.8) is 0 Å². The van der Waals surface area contributed by atoms with Crippen LogP contribution in [0.2, 0.25) is 0 Å². The van der Waals surface area contributed by atoms with Crippen LogP contribution < -0.4 is 32.2 Å². The van der Waals surface area contributed by atoms with Gasteiger partial charge < -0.3 is 0 Å². The van der Waals surface area contributed by atoms with E-state index in [1.165, 1.54) is 0 Å². The van der Waals surface area contributed by atoms with Crippen LogP contribution in [0.3, 0.4) is 0 Å². The molecular weight excluding hydrogens is 451 g/mol. The molecule has 1 heterocycles. The van der Waals surface area contributed by atoms with Crippen molar-refractivity contribution < 1.29 is 0 Å². The van der Waals surface area contributed by atoms with E-state index in [1.54, 1.807) is 0 Å². The molecular formula is C24H24N5P3. The highest BCUT2D eigenvalue weighted by atomic mass is 31.3. The highest BCUT2D eigenvalue weighted by molar-refractivity contribution is 7.96. The zero-order chi connectivity index (χ0) is 22.1. The molecule has 5 rings (SSSR count). The Morgan fingerprint density at radius 1 is 0.375 bits per heavy atom. The first-order valence-electron chi connectivity index (χ1n) is 10.3. The maximum Gasteiger partial charge on any atom is 0.207 e. The molecule has 0 spiro atoms. The van der Waals surface area contributed by atoms with Gasteiger partial charge in [0.05, 0.1) is 0 Å². The Bertz CT molecular complexity index is 1230. The minimum absolute atomic E-state index is 1.04. The number of rotatable bonds is 4. The molecule has 4 aromatic carbocycles. The zero-order valence-corrected chi connectivity index (χ0v) is 20.1. The predicted octanol–water partition coefficient (Wildman–Crippen LogP) is 5.40. The summed E-state index contributed by atoms with van der Waals surface area (Å²) in [5.41, 5.74) is 13.5. The monoisotopic (exact) mass is 475 g/mol. The van der Waals surface area contributed by atoms with Gasteiger partial charge in [0.2, 0.25) is 7.51 Å². The number of benzene rings is 4. The SMILES string of the molecule is NP1(N)=NP(c2ccccc2)(c2ccccc2)=NP(c2ccccc2)(c2ccccc2)=N1. The standard InChI is InChI=1S/C24H24N5P3/c25-32(26)28-30(21-13-5-1-6-14-21,22-15-7-2-8-16-22)27-31(29-32,23-17-9-3-10-18-23)24-19-11-4-12-20-24/h1-20H,25-26H2. The third-order valence-corrected chi connectivity index (χ3v) is 15.8. The van der Waals surface area contributed by atoms with E-state index in [1.807, 2.05) is 72.8 Å². The third kappa shape index (κ3) is 3.77. The molecule has 160 valence electrons. The molecule has 1 aliphatic rings. The molecule has 0 amide bonds. The van der Waals surface area contributed by atoms with Gasteiger partial charge in [-0.05, 0) is 0 Å². The van der Waals surface area contributed by atoms with Crippen molar-refractivity contribution in [3.05, 3.63) is 121 Å². The van der Waals surface area contributed by atoms with Crippen LogP contribution in [0.25, 0.3) is 0 Å². The van der Waals surface area contributed by atoms with Crippen molar-refractivity contribution in [3.8, 4) is 0 Å². The first kappa shape index (κ1) is 21.3. The lowest BCUT2D eigenvalue weighted by Gasteiger charge is -2.34. The number of hydrogen-bond acceptors (Lipinski definition) is 5. The fraction of sp³-hybridized carbons (Fsp3) is 0. The maximum atomic E-state index is 6.73. The van der Waals surface area contributed by atoms with E-state index in [0.29, 0.717) is 0 Å². The molecule has 0 bridgehead atoms. The molecule has 0 saturated heterocycles. The van der Waals surface area contributed by atoms with E-state index in [9.17, 15) is 0 Å². The average molecular weight is 475 g/mol. The first-order valence-corrected chi connectivity index (χ1v) is 15.5.